The van der Waals surface area contributed by atoms with Gasteiger partial charge in [0.25, 0.3) is 5.91 Å². The molecule has 0 saturated carbocycles. The number of hydrogen-bond donors (Lipinski definition) is 0. The Kier molecular flexibility index (Phi) is 3.91. The van der Waals surface area contributed by atoms with E-state index < -0.39 is 0 Å². The zero-order valence-electron chi connectivity index (χ0n) is 14.4. The first-order chi connectivity index (χ1) is 11.9. The first-order valence-corrected chi connectivity index (χ1v) is 9.37. The van der Waals surface area contributed by atoms with E-state index in [9.17, 15) is 9.59 Å². The summed E-state index contributed by atoms with van der Waals surface area (Å²) in [5, 5.41) is 3.03. The number of carbonyl (C=O) groups excluding carboxylic acids is 2. The summed E-state index contributed by atoms with van der Waals surface area (Å²) in [6, 6.07) is 3.52. The Bertz CT molecular complexity index is 827. The molecule has 0 aromatic carbocycles. The Hall–Kier alpha value is -2.15. The van der Waals surface area contributed by atoms with Crippen molar-refractivity contribution in [3.63, 3.8) is 0 Å². The Morgan fingerprint density at radius 1 is 1.36 bits per heavy atom. The van der Waals surface area contributed by atoms with Gasteiger partial charge in [0.05, 0.1) is 17.2 Å². The van der Waals surface area contributed by atoms with Crippen LogP contribution in [0.25, 0.3) is 0 Å². The van der Waals surface area contributed by atoms with Crippen LogP contribution in [0.1, 0.15) is 39.9 Å². The van der Waals surface area contributed by atoms with E-state index in [-0.39, 0.29) is 17.2 Å². The fraction of sp³-hybridized carbons (Fsp3) is 0.500. The van der Waals surface area contributed by atoms with E-state index in [1.165, 1.54) is 0 Å². The van der Waals surface area contributed by atoms with Crippen LogP contribution in [-0.2, 0) is 11.3 Å². The lowest BCUT2D eigenvalue weighted by molar-refractivity contribution is -0.128. The standard InChI is InChI=1S/C18H21N3O3S/c1-12-3-4-15(24-12)17(23)20-6-5-18(10-20)7-16(22)21(11-18)8-14-9-25-13(2)19-14/h3-4,9H,5-8,10-11H2,1-2H3/t18-/m0/s1. The predicted molar refractivity (Wildman–Crippen MR) is 93.3 cm³/mol. The normalized spacial score (nSPS) is 23.2. The molecular formula is C18H21N3O3S. The number of aromatic nitrogens is 1. The Morgan fingerprint density at radius 2 is 2.20 bits per heavy atom. The molecule has 2 aromatic rings. The maximum absolute atomic E-state index is 12.6. The van der Waals surface area contributed by atoms with Crippen LogP contribution in [0.5, 0.6) is 0 Å². The van der Waals surface area contributed by atoms with E-state index in [0.29, 0.717) is 38.4 Å². The molecule has 1 spiro atoms. The second-order valence-corrected chi connectivity index (χ2v) is 8.23. The van der Waals surface area contributed by atoms with Crippen molar-refractivity contribution in [2.45, 2.75) is 33.2 Å². The van der Waals surface area contributed by atoms with Gasteiger partial charge in [0, 0.05) is 36.9 Å². The number of likely N-dealkylation sites (tertiary alicyclic amines) is 2. The van der Waals surface area contributed by atoms with Crippen LogP contribution in [-0.4, -0.2) is 46.2 Å². The molecule has 132 valence electrons. The lowest BCUT2D eigenvalue weighted by Gasteiger charge is -2.23. The van der Waals surface area contributed by atoms with E-state index >= 15 is 0 Å². The van der Waals surface area contributed by atoms with Crippen LogP contribution >= 0.6 is 11.3 Å². The van der Waals surface area contributed by atoms with Crippen LogP contribution in [0, 0.1) is 19.3 Å². The molecule has 2 aliphatic heterocycles. The van der Waals surface area contributed by atoms with E-state index in [1.807, 2.05) is 29.0 Å². The average Bonchev–Trinajstić information content (AvgIpc) is 3.31. The second-order valence-electron chi connectivity index (χ2n) is 7.17. The summed E-state index contributed by atoms with van der Waals surface area (Å²) in [6.45, 7) is 6.35. The molecule has 0 aliphatic carbocycles. The Morgan fingerprint density at radius 3 is 2.88 bits per heavy atom. The minimum Gasteiger partial charge on any atom is -0.456 e. The van der Waals surface area contributed by atoms with Crippen LogP contribution in [0.4, 0.5) is 0 Å². The molecule has 25 heavy (non-hydrogen) atoms. The van der Waals surface area contributed by atoms with Crippen molar-refractivity contribution < 1.29 is 14.0 Å². The van der Waals surface area contributed by atoms with Crippen molar-refractivity contribution in [1.29, 1.82) is 0 Å². The van der Waals surface area contributed by atoms with Gasteiger partial charge in [-0.3, -0.25) is 9.59 Å². The molecule has 0 radical (unpaired) electrons. The number of thiazole rings is 1. The fourth-order valence-electron chi connectivity index (χ4n) is 3.89. The number of furan rings is 1. The summed E-state index contributed by atoms with van der Waals surface area (Å²) in [5.41, 5.74) is 0.823. The van der Waals surface area contributed by atoms with Crippen LogP contribution in [0.3, 0.4) is 0 Å². The number of aryl methyl sites for hydroxylation is 2. The molecule has 0 bridgehead atoms. The summed E-state index contributed by atoms with van der Waals surface area (Å²) >= 11 is 1.60. The summed E-state index contributed by atoms with van der Waals surface area (Å²) in [7, 11) is 0. The predicted octanol–water partition coefficient (Wildman–Crippen LogP) is 2.62. The number of carbonyl (C=O) groups is 2. The fourth-order valence-corrected chi connectivity index (χ4v) is 4.49. The first kappa shape index (κ1) is 16.3. The second kappa shape index (κ2) is 5.98. The summed E-state index contributed by atoms with van der Waals surface area (Å²) in [6.07, 6.45) is 1.37. The molecule has 4 rings (SSSR count). The highest BCUT2D eigenvalue weighted by Crippen LogP contribution is 2.41. The lowest BCUT2D eigenvalue weighted by atomic mass is 9.86. The highest BCUT2D eigenvalue weighted by atomic mass is 32.1. The van der Waals surface area contributed by atoms with Gasteiger partial charge in [0.2, 0.25) is 5.91 Å². The minimum absolute atomic E-state index is 0.0778. The molecule has 2 saturated heterocycles. The molecule has 0 N–H and O–H groups in total. The highest BCUT2D eigenvalue weighted by Gasteiger charge is 2.48. The molecular weight excluding hydrogens is 338 g/mol. The van der Waals surface area contributed by atoms with Crippen molar-refractivity contribution in [3.8, 4) is 0 Å². The summed E-state index contributed by atoms with van der Waals surface area (Å²) < 4.78 is 5.46. The van der Waals surface area contributed by atoms with Gasteiger partial charge in [-0.05, 0) is 32.4 Å². The van der Waals surface area contributed by atoms with E-state index in [4.69, 9.17) is 4.42 Å². The van der Waals surface area contributed by atoms with Crippen LogP contribution in [0.2, 0.25) is 0 Å². The number of nitrogens with zero attached hydrogens (tertiary/aromatic N) is 3. The molecule has 7 heteroatoms. The maximum Gasteiger partial charge on any atom is 0.289 e. The van der Waals surface area contributed by atoms with Gasteiger partial charge < -0.3 is 14.2 Å². The minimum atomic E-state index is -0.126. The third-order valence-corrected chi connectivity index (χ3v) is 5.92. The topological polar surface area (TPSA) is 66.7 Å². The van der Waals surface area contributed by atoms with Gasteiger partial charge in [-0.1, -0.05) is 0 Å². The summed E-state index contributed by atoms with van der Waals surface area (Å²) in [4.78, 5) is 33.2. The smallest absolute Gasteiger partial charge is 0.289 e. The van der Waals surface area contributed by atoms with Crippen LogP contribution in [0.15, 0.2) is 21.9 Å². The molecule has 4 heterocycles. The van der Waals surface area contributed by atoms with Crippen molar-refractivity contribution in [2.24, 2.45) is 5.41 Å². The van der Waals surface area contributed by atoms with Crippen molar-refractivity contribution in [2.75, 3.05) is 19.6 Å². The van der Waals surface area contributed by atoms with E-state index in [0.717, 1.165) is 22.9 Å². The van der Waals surface area contributed by atoms with Gasteiger partial charge in [-0.2, -0.15) is 0 Å². The third-order valence-electron chi connectivity index (χ3n) is 5.10. The molecule has 2 aliphatic rings. The molecule has 2 aromatic heterocycles. The van der Waals surface area contributed by atoms with E-state index in [2.05, 4.69) is 4.98 Å². The van der Waals surface area contributed by atoms with Crippen molar-refractivity contribution in [1.82, 2.24) is 14.8 Å². The maximum atomic E-state index is 12.6. The Balaban J connectivity index is 1.43. The molecule has 2 fully saturated rings. The van der Waals surface area contributed by atoms with Gasteiger partial charge in [-0.15, -0.1) is 11.3 Å². The molecule has 1 atom stereocenters. The van der Waals surface area contributed by atoms with Gasteiger partial charge >= 0.3 is 0 Å². The van der Waals surface area contributed by atoms with Crippen molar-refractivity contribution in [3.05, 3.63) is 39.7 Å². The molecule has 0 unspecified atom stereocenters. The van der Waals surface area contributed by atoms with Crippen molar-refractivity contribution >= 4 is 23.2 Å². The van der Waals surface area contributed by atoms with Gasteiger partial charge in [-0.25, -0.2) is 4.98 Å². The van der Waals surface area contributed by atoms with Gasteiger partial charge in [0.15, 0.2) is 5.76 Å². The monoisotopic (exact) mass is 359 g/mol. The number of hydrogen-bond acceptors (Lipinski definition) is 5. The van der Waals surface area contributed by atoms with Crippen LogP contribution < -0.4 is 0 Å². The SMILES string of the molecule is Cc1ccc(C(=O)N2CC[C@]3(CC(=O)N(Cc4csc(C)n4)C3)C2)o1. The zero-order chi connectivity index (χ0) is 17.6. The zero-order valence-corrected chi connectivity index (χ0v) is 15.3. The molecule has 6 nitrogen and oxygen atoms in total. The molecule has 2 amide bonds. The Labute approximate surface area is 150 Å². The average molecular weight is 359 g/mol. The largest absolute Gasteiger partial charge is 0.456 e. The summed E-state index contributed by atoms with van der Waals surface area (Å²) in [5.74, 6) is 1.20. The lowest BCUT2D eigenvalue weighted by Crippen LogP contribution is -2.34. The third kappa shape index (κ3) is 3.08. The number of rotatable bonds is 3. The van der Waals surface area contributed by atoms with Gasteiger partial charge in [0.1, 0.15) is 5.76 Å². The van der Waals surface area contributed by atoms with E-state index in [1.54, 1.807) is 23.5 Å². The quantitative estimate of drug-likeness (QED) is 0.845. The highest BCUT2D eigenvalue weighted by molar-refractivity contribution is 7.09. The first-order valence-electron chi connectivity index (χ1n) is 8.49. The number of amides is 2.